The van der Waals surface area contributed by atoms with Gasteiger partial charge in [-0.05, 0) is 48.2 Å². The average Bonchev–Trinajstić information content (AvgIpc) is 2.85. The summed E-state index contributed by atoms with van der Waals surface area (Å²) in [4.78, 5) is 13.1. The Morgan fingerprint density at radius 2 is 1.89 bits per heavy atom. The van der Waals surface area contributed by atoms with Crippen molar-refractivity contribution in [1.29, 1.82) is 0 Å². The Morgan fingerprint density at radius 1 is 1.11 bits per heavy atom. The van der Waals surface area contributed by atoms with Gasteiger partial charge in [0.15, 0.2) is 0 Å². The van der Waals surface area contributed by atoms with Crippen LogP contribution in [-0.2, 0) is 0 Å². The third-order valence-corrected chi connectivity index (χ3v) is 4.18. The molecular weight excluding hydrogens is 259 g/mol. The third kappa shape index (κ3) is 2.17. The maximum atomic E-state index is 13.2. The molecule has 0 N–H and O–H groups in total. The van der Waals surface area contributed by atoms with E-state index in [2.05, 4.69) is 0 Å². The molecule has 0 fully saturated rings. The predicted octanol–water partition coefficient (Wildman–Crippen LogP) is 4.58. The van der Waals surface area contributed by atoms with Crippen LogP contribution in [0.25, 0.3) is 10.1 Å². The average molecular weight is 270 g/mol. The number of aryl methyl sites for hydroxylation is 1. The molecule has 94 valence electrons. The van der Waals surface area contributed by atoms with E-state index in [0.29, 0.717) is 16.0 Å². The molecule has 0 unspecified atom stereocenters. The van der Waals surface area contributed by atoms with Crippen molar-refractivity contribution < 1.29 is 9.18 Å². The molecule has 3 heteroatoms. The first-order valence-electron chi connectivity index (χ1n) is 5.94. The number of carbonyl (C=O) groups excluding carboxylic acids is 1. The number of carbonyl (C=O) groups is 1. The minimum Gasteiger partial charge on any atom is -0.288 e. The van der Waals surface area contributed by atoms with Crippen LogP contribution in [0.2, 0.25) is 0 Å². The molecule has 19 heavy (non-hydrogen) atoms. The van der Waals surface area contributed by atoms with E-state index in [0.717, 1.165) is 10.1 Å². The van der Waals surface area contributed by atoms with Crippen LogP contribution in [0.5, 0.6) is 0 Å². The number of ketones is 1. The molecule has 1 heterocycles. The molecule has 3 aromatic rings. The van der Waals surface area contributed by atoms with Gasteiger partial charge in [-0.3, -0.25) is 4.79 Å². The fourth-order valence-electron chi connectivity index (χ4n) is 2.02. The van der Waals surface area contributed by atoms with E-state index in [9.17, 15) is 9.18 Å². The Bertz CT molecular complexity index is 740. The lowest BCUT2D eigenvalue weighted by atomic mass is 10.1. The number of halogens is 1. The first-order chi connectivity index (χ1) is 9.15. The summed E-state index contributed by atoms with van der Waals surface area (Å²) in [7, 11) is 0. The van der Waals surface area contributed by atoms with Crippen LogP contribution in [0.4, 0.5) is 4.39 Å². The Kier molecular flexibility index (Phi) is 2.91. The van der Waals surface area contributed by atoms with Gasteiger partial charge >= 0.3 is 0 Å². The van der Waals surface area contributed by atoms with Gasteiger partial charge in [-0.1, -0.05) is 18.2 Å². The van der Waals surface area contributed by atoms with Gasteiger partial charge in [0.2, 0.25) is 5.78 Å². The van der Waals surface area contributed by atoms with Crippen LogP contribution in [0.1, 0.15) is 20.8 Å². The molecule has 0 amide bonds. The van der Waals surface area contributed by atoms with E-state index in [-0.39, 0.29) is 11.6 Å². The molecule has 2 aromatic carbocycles. The topological polar surface area (TPSA) is 17.1 Å². The second-order valence-electron chi connectivity index (χ2n) is 4.44. The zero-order chi connectivity index (χ0) is 13.4. The molecule has 1 aromatic heterocycles. The molecule has 0 aliphatic carbocycles. The SMILES string of the molecule is Cc1cc(C(=O)c2cc3ccccc3s2)ccc1F. The molecule has 0 bridgehead atoms. The lowest BCUT2D eigenvalue weighted by Gasteiger charge is -2.00. The molecular formula is C16H11FOS. The fourth-order valence-corrected chi connectivity index (χ4v) is 3.05. The number of benzene rings is 2. The zero-order valence-corrected chi connectivity index (χ0v) is 11.1. The second-order valence-corrected chi connectivity index (χ2v) is 5.53. The van der Waals surface area contributed by atoms with Gasteiger partial charge in [0.25, 0.3) is 0 Å². The molecule has 0 aliphatic heterocycles. The lowest BCUT2D eigenvalue weighted by Crippen LogP contribution is -1.99. The molecule has 0 aliphatic rings. The van der Waals surface area contributed by atoms with E-state index in [1.165, 1.54) is 23.5 Å². The molecule has 0 atom stereocenters. The Labute approximate surface area is 114 Å². The maximum Gasteiger partial charge on any atom is 0.202 e. The van der Waals surface area contributed by atoms with Crippen molar-refractivity contribution in [2.75, 3.05) is 0 Å². The zero-order valence-electron chi connectivity index (χ0n) is 10.3. The Morgan fingerprint density at radius 3 is 2.63 bits per heavy atom. The van der Waals surface area contributed by atoms with Crippen molar-refractivity contribution in [2.45, 2.75) is 6.92 Å². The highest BCUT2D eigenvalue weighted by atomic mass is 32.1. The van der Waals surface area contributed by atoms with Gasteiger partial charge in [0.1, 0.15) is 5.82 Å². The van der Waals surface area contributed by atoms with Crippen molar-refractivity contribution >= 4 is 27.2 Å². The minimum absolute atomic E-state index is 0.0516. The van der Waals surface area contributed by atoms with Crippen LogP contribution in [0.15, 0.2) is 48.5 Å². The Hall–Kier alpha value is -2.00. The maximum absolute atomic E-state index is 13.2. The van der Waals surface area contributed by atoms with Crippen molar-refractivity contribution in [3.8, 4) is 0 Å². The summed E-state index contributed by atoms with van der Waals surface area (Å²) < 4.78 is 14.3. The highest BCUT2D eigenvalue weighted by Crippen LogP contribution is 2.27. The summed E-state index contributed by atoms with van der Waals surface area (Å²) in [5, 5.41) is 1.06. The number of hydrogen-bond acceptors (Lipinski definition) is 2. The second kappa shape index (κ2) is 4.59. The van der Waals surface area contributed by atoms with Crippen LogP contribution >= 0.6 is 11.3 Å². The molecule has 0 spiro atoms. The quantitative estimate of drug-likeness (QED) is 0.623. The van der Waals surface area contributed by atoms with Gasteiger partial charge < -0.3 is 0 Å². The minimum atomic E-state index is -0.284. The number of rotatable bonds is 2. The summed E-state index contributed by atoms with van der Waals surface area (Å²) >= 11 is 1.47. The van der Waals surface area contributed by atoms with Crippen LogP contribution in [0.3, 0.4) is 0 Å². The largest absolute Gasteiger partial charge is 0.288 e. The van der Waals surface area contributed by atoms with Crippen LogP contribution in [0, 0.1) is 12.7 Å². The molecule has 0 saturated carbocycles. The van der Waals surface area contributed by atoms with Gasteiger partial charge in [-0.2, -0.15) is 0 Å². The predicted molar refractivity (Wildman–Crippen MR) is 76.4 cm³/mol. The highest BCUT2D eigenvalue weighted by molar-refractivity contribution is 7.21. The summed E-state index contributed by atoms with van der Waals surface area (Å²) in [6.45, 7) is 1.66. The lowest BCUT2D eigenvalue weighted by molar-refractivity contribution is 0.104. The standard InChI is InChI=1S/C16H11FOS/c1-10-8-12(6-7-13(10)17)16(18)15-9-11-4-2-3-5-14(11)19-15/h2-9H,1H3. The van der Waals surface area contributed by atoms with Gasteiger partial charge in [-0.15, -0.1) is 11.3 Å². The first-order valence-corrected chi connectivity index (χ1v) is 6.76. The van der Waals surface area contributed by atoms with E-state index >= 15 is 0 Å². The van der Waals surface area contributed by atoms with E-state index in [1.807, 2.05) is 30.3 Å². The molecule has 1 nitrogen and oxygen atoms in total. The van der Waals surface area contributed by atoms with Gasteiger partial charge in [0, 0.05) is 10.3 Å². The smallest absolute Gasteiger partial charge is 0.202 e. The van der Waals surface area contributed by atoms with E-state index in [4.69, 9.17) is 0 Å². The first kappa shape index (κ1) is 12.1. The monoisotopic (exact) mass is 270 g/mol. The van der Waals surface area contributed by atoms with Crippen molar-refractivity contribution in [1.82, 2.24) is 0 Å². The van der Waals surface area contributed by atoms with Crippen molar-refractivity contribution in [3.05, 3.63) is 70.4 Å². The Balaban J connectivity index is 2.05. The van der Waals surface area contributed by atoms with E-state index in [1.54, 1.807) is 13.0 Å². The molecule has 3 rings (SSSR count). The summed E-state index contributed by atoms with van der Waals surface area (Å²) in [5.41, 5.74) is 1.03. The number of hydrogen-bond donors (Lipinski definition) is 0. The fraction of sp³-hybridized carbons (Fsp3) is 0.0625. The van der Waals surface area contributed by atoms with Crippen LogP contribution < -0.4 is 0 Å². The summed E-state index contributed by atoms with van der Waals surface area (Å²) in [6, 6.07) is 14.2. The summed E-state index contributed by atoms with van der Waals surface area (Å²) in [5.74, 6) is -0.336. The van der Waals surface area contributed by atoms with Crippen molar-refractivity contribution in [2.24, 2.45) is 0 Å². The van der Waals surface area contributed by atoms with Gasteiger partial charge in [-0.25, -0.2) is 4.39 Å². The number of fused-ring (bicyclic) bond motifs is 1. The highest BCUT2D eigenvalue weighted by Gasteiger charge is 2.13. The molecule has 0 saturated heterocycles. The van der Waals surface area contributed by atoms with E-state index < -0.39 is 0 Å². The van der Waals surface area contributed by atoms with Crippen LogP contribution in [-0.4, -0.2) is 5.78 Å². The number of thiophene rings is 1. The third-order valence-electron chi connectivity index (χ3n) is 3.07. The van der Waals surface area contributed by atoms with Crippen molar-refractivity contribution in [3.63, 3.8) is 0 Å². The summed E-state index contributed by atoms with van der Waals surface area (Å²) in [6.07, 6.45) is 0. The van der Waals surface area contributed by atoms with Gasteiger partial charge in [0.05, 0.1) is 4.88 Å². The molecule has 0 radical (unpaired) electrons. The normalized spacial score (nSPS) is 10.8.